The van der Waals surface area contributed by atoms with Crippen molar-refractivity contribution >= 4 is 6.29 Å². The third-order valence-electron chi connectivity index (χ3n) is 1.16. The van der Waals surface area contributed by atoms with Crippen LogP contribution >= 0.6 is 0 Å². The van der Waals surface area contributed by atoms with Gasteiger partial charge in [-0.1, -0.05) is 0 Å². The molecule has 0 bridgehead atoms. The Morgan fingerprint density at radius 2 is 2.25 bits per heavy atom. The number of nitrogens with zero attached hydrogens (tertiary/aromatic N) is 1. The van der Waals surface area contributed by atoms with Crippen LogP contribution in [0.1, 0.15) is 16.2 Å². The van der Waals surface area contributed by atoms with Gasteiger partial charge in [0.2, 0.25) is 0 Å². The number of aromatic nitrogens is 2. The van der Waals surface area contributed by atoms with Gasteiger partial charge in [0.25, 0.3) is 0 Å². The standard InChI is InChI=1S/C6H5F3N2O/c7-6(8,9)2-4-1-5(3-12)11-10-4/h1,3H,2H2,(H,10,11). The second kappa shape index (κ2) is 2.96. The highest BCUT2D eigenvalue weighted by Gasteiger charge is 2.28. The molecular formula is C6H5F3N2O. The predicted molar refractivity (Wildman–Crippen MR) is 33.7 cm³/mol. The first-order valence-electron chi connectivity index (χ1n) is 3.07. The number of hydrogen-bond donors (Lipinski definition) is 1. The van der Waals surface area contributed by atoms with Gasteiger partial charge in [0, 0.05) is 5.69 Å². The molecule has 0 amide bonds. The van der Waals surface area contributed by atoms with Gasteiger partial charge in [-0.2, -0.15) is 18.3 Å². The summed E-state index contributed by atoms with van der Waals surface area (Å²) in [6.07, 6.45) is -4.98. The number of carbonyl (C=O) groups excluding carboxylic acids is 1. The van der Waals surface area contributed by atoms with Crippen molar-refractivity contribution < 1.29 is 18.0 Å². The van der Waals surface area contributed by atoms with E-state index in [0.29, 0.717) is 6.29 Å². The SMILES string of the molecule is O=Cc1cc(CC(F)(F)F)[nH]n1. The average molecular weight is 178 g/mol. The highest BCUT2D eigenvalue weighted by atomic mass is 19.4. The van der Waals surface area contributed by atoms with Gasteiger partial charge in [0.15, 0.2) is 6.29 Å². The number of nitrogens with one attached hydrogen (secondary N) is 1. The molecule has 0 aliphatic rings. The molecule has 0 saturated carbocycles. The second-order valence-corrected chi connectivity index (χ2v) is 2.23. The monoisotopic (exact) mass is 178 g/mol. The lowest BCUT2D eigenvalue weighted by Crippen LogP contribution is -2.11. The molecule has 1 heterocycles. The number of aromatic amines is 1. The van der Waals surface area contributed by atoms with Crippen molar-refractivity contribution in [3.05, 3.63) is 17.5 Å². The van der Waals surface area contributed by atoms with Crippen molar-refractivity contribution in [1.29, 1.82) is 0 Å². The summed E-state index contributed by atoms with van der Waals surface area (Å²) in [5, 5.41) is 5.44. The maximum Gasteiger partial charge on any atom is 0.394 e. The van der Waals surface area contributed by atoms with Gasteiger partial charge in [-0.05, 0) is 6.07 Å². The molecule has 0 aliphatic heterocycles. The first kappa shape index (κ1) is 8.76. The van der Waals surface area contributed by atoms with Gasteiger partial charge < -0.3 is 0 Å². The molecule has 3 nitrogen and oxygen atoms in total. The van der Waals surface area contributed by atoms with Crippen molar-refractivity contribution in [1.82, 2.24) is 10.2 Å². The van der Waals surface area contributed by atoms with Crippen LogP contribution in [0.2, 0.25) is 0 Å². The van der Waals surface area contributed by atoms with E-state index in [1.165, 1.54) is 0 Å². The van der Waals surface area contributed by atoms with Crippen LogP contribution in [-0.4, -0.2) is 22.7 Å². The molecule has 1 rings (SSSR count). The molecule has 1 aromatic rings. The largest absolute Gasteiger partial charge is 0.394 e. The maximum atomic E-state index is 11.7. The van der Waals surface area contributed by atoms with E-state index < -0.39 is 12.6 Å². The van der Waals surface area contributed by atoms with Crippen molar-refractivity contribution in [2.45, 2.75) is 12.6 Å². The summed E-state index contributed by atoms with van der Waals surface area (Å²) < 4.78 is 35.2. The summed E-state index contributed by atoms with van der Waals surface area (Å²) in [6.45, 7) is 0. The highest BCUT2D eigenvalue weighted by Crippen LogP contribution is 2.19. The third kappa shape index (κ3) is 2.37. The Labute approximate surface area is 65.6 Å². The molecule has 1 aromatic heterocycles. The van der Waals surface area contributed by atoms with Crippen molar-refractivity contribution in [2.75, 3.05) is 0 Å². The lowest BCUT2D eigenvalue weighted by molar-refractivity contribution is -0.127. The van der Waals surface area contributed by atoms with Crippen LogP contribution < -0.4 is 0 Å². The van der Waals surface area contributed by atoms with E-state index in [0.717, 1.165) is 6.07 Å². The third-order valence-corrected chi connectivity index (χ3v) is 1.16. The molecule has 0 fully saturated rings. The normalized spacial score (nSPS) is 11.6. The molecule has 0 radical (unpaired) electrons. The Hall–Kier alpha value is -1.33. The van der Waals surface area contributed by atoms with Gasteiger partial charge in [-0.25, -0.2) is 0 Å². The lowest BCUT2D eigenvalue weighted by atomic mass is 10.3. The molecule has 6 heteroatoms. The summed E-state index contributed by atoms with van der Waals surface area (Å²) in [4.78, 5) is 10.0. The maximum absolute atomic E-state index is 11.7. The number of halogens is 3. The zero-order valence-electron chi connectivity index (χ0n) is 5.85. The Morgan fingerprint density at radius 3 is 2.67 bits per heavy atom. The van der Waals surface area contributed by atoms with E-state index >= 15 is 0 Å². The molecule has 0 unspecified atom stereocenters. The van der Waals surface area contributed by atoms with E-state index in [2.05, 4.69) is 10.2 Å². The number of H-pyrrole nitrogens is 1. The fourth-order valence-corrected chi connectivity index (χ4v) is 0.746. The number of hydrogen-bond acceptors (Lipinski definition) is 2. The van der Waals surface area contributed by atoms with Gasteiger partial charge in [0.05, 0.1) is 6.42 Å². The van der Waals surface area contributed by atoms with Gasteiger partial charge >= 0.3 is 6.18 Å². The van der Waals surface area contributed by atoms with E-state index in [1.54, 1.807) is 0 Å². The Kier molecular flexibility index (Phi) is 2.16. The summed E-state index contributed by atoms with van der Waals surface area (Å²) in [5.74, 6) is 0. The summed E-state index contributed by atoms with van der Waals surface area (Å²) in [6, 6.07) is 1.07. The minimum atomic E-state index is -4.27. The molecule has 0 aliphatic carbocycles. The number of carbonyl (C=O) groups is 1. The number of alkyl halides is 3. The molecule has 0 atom stereocenters. The fourth-order valence-electron chi connectivity index (χ4n) is 0.746. The quantitative estimate of drug-likeness (QED) is 0.694. The fraction of sp³-hybridized carbons (Fsp3) is 0.333. The van der Waals surface area contributed by atoms with Crippen LogP contribution in [-0.2, 0) is 6.42 Å². The Morgan fingerprint density at radius 1 is 1.58 bits per heavy atom. The van der Waals surface area contributed by atoms with Crippen LogP contribution in [0.15, 0.2) is 6.07 Å². The van der Waals surface area contributed by atoms with Crippen molar-refractivity contribution in [2.24, 2.45) is 0 Å². The Bertz CT molecular complexity index is 279. The van der Waals surface area contributed by atoms with E-state index in [-0.39, 0.29) is 11.4 Å². The zero-order valence-corrected chi connectivity index (χ0v) is 5.85. The molecule has 1 N–H and O–H groups in total. The predicted octanol–water partition coefficient (Wildman–Crippen LogP) is 1.33. The topological polar surface area (TPSA) is 45.8 Å². The van der Waals surface area contributed by atoms with Gasteiger partial charge in [-0.3, -0.25) is 9.89 Å². The molecule has 0 spiro atoms. The van der Waals surface area contributed by atoms with Crippen molar-refractivity contribution in [3.63, 3.8) is 0 Å². The van der Waals surface area contributed by atoms with Crippen LogP contribution in [0, 0.1) is 0 Å². The minimum Gasteiger partial charge on any atom is -0.296 e. The number of rotatable bonds is 2. The first-order valence-corrected chi connectivity index (χ1v) is 3.07. The van der Waals surface area contributed by atoms with Gasteiger partial charge in [0.1, 0.15) is 5.69 Å². The summed E-state index contributed by atoms with van der Waals surface area (Å²) in [7, 11) is 0. The smallest absolute Gasteiger partial charge is 0.296 e. The molecule has 66 valence electrons. The lowest BCUT2D eigenvalue weighted by Gasteiger charge is -2.01. The van der Waals surface area contributed by atoms with E-state index in [9.17, 15) is 18.0 Å². The second-order valence-electron chi connectivity index (χ2n) is 2.23. The molecule has 0 aromatic carbocycles. The molecular weight excluding hydrogens is 173 g/mol. The zero-order chi connectivity index (χ0) is 9.19. The minimum absolute atomic E-state index is 0.0192. The summed E-state index contributed by atoms with van der Waals surface area (Å²) in [5.41, 5.74) is -0.126. The molecule has 0 saturated heterocycles. The van der Waals surface area contributed by atoms with Crippen LogP contribution in [0.5, 0.6) is 0 Å². The van der Waals surface area contributed by atoms with Crippen LogP contribution in [0.25, 0.3) is 0 Å². The first-order chi connectivity index (χ1) is 5.51. The van der Waals surface area contributed by atoms with E-state index in [1.807, 2.05) is 0 Å². The van der Waals surface area contributed by atoms with Gasteiger partial charge in [-0.15, -0.1) is 0 Å². The molecule has 12 heavy (non-hydrogen) atoms. The number of aldehydes is 1. The Balaban J connectivity index is 2.70. The van der Waals surface area contributed by atoms with E-state index in [4.69, 9.17) is 0 Å². The highest BCUT2D eigenvalue weighted by molar-refractivity contribution is 5.71. The van der Waals surface area contributed by atoms with Crippen LogP contribution in [0.3, 0.4) is 0 Å². The summed E-state index contributed by atoms with van der Waals surface area (Å²) >= 11 is 0. The van der Waals surface area contributed by atoms with Crippen LogP contribution in [0.4, 0.5) is 13.2 Å². The van der Waals surface area contributed by atoms with Crippen molar-refractivity contribution in [3.8, 4) is 0 Å². The average Bonchev–Trinajstić information content (AvgIpc) is 2.32.